The number of aromatic nitrogens is 5. The molecule has 0 fully saturated rings. The van der Waals surface area contributed by atoms with Gasteiger partial charge in [0.1, 0.15) is 18.0 Å². The molecule has 0 atom stereocenters. The Morgan fingerprint density at radius 3 is 3.05 bits per heavy atom. The lowest BCUT2D eigenvalue weighted by molar-refractivity contribution is 0.630. The van der Waals surface area contributed by atoms with Gasteiger partial charge in [-0.05, 0) is 18.2 Å². The predicted octanol–water partition coefficient (Wildman–Crippen LogP) is 2.72. The fourth-order valence-corrected chi connectivity index (χ4v) is 2.19. The van der Waals surface area contributed by atoms with E-state index >= 15 is 0 Å². The lowest BCUT2D eigenvalue weighted by Crippen LogP contribution is -1.94. The van der Waals surface area contributed by atoms with Gasteiger partial charge in [-0.1, -0.05) is 0 Å². The topological polar surface area (TPSA) is 82.3 Å². The van der Waals surface area contributed by atoms with Gasteiger partial charge in [0.05, 0.1) is 17.3 Å². The van der Waals surface area contributed by atoms with Crippen molar-refractivity contribution in [3.05, 3.63) is 42.7 Å². The standard InChI is InChI=1S/C13H9FN6/c14-7-1-2-10-8(3-7)11(5-15-10)19-12-9-4-18-20-13(9)17-6-16-12/h1-6,15H,(H2,16,17,18,19,20). The minimum atomic E-state index is -0.281. The van der Waals surface area contributed by atoms with E-state index in [-0.39, 0.29) is 5.82 Å². The maximum atomic E-state index is 13.4. The normalized spacial score (nSPS) is 11.2. The Morgan fingerprint density at radius 1 is 1.15 bits per heavy atom. The molecule has 0 aliphatic heterocycles. The van der Waals surface area contributed by atoms with E-state index in [4.69, 9.17) is 0 Å². The first-order valence-electron chi connectivity index (χ1n) is 5.99. The molecule has 3 aromatic heterocycles. The molecule has 0 saturated carbocycles. The smallest absolute Gasteiger partial charge is 0.160 e. The van der Waals surface area contributed by atoms with Crippen molar-refractivity contribution in [2.24, 2.45) is 0 Å². The highest BCUT2D eigenvalue weighted by atomic mass is 19.1. The van der Waals surface area contributed by atoms with Crippen molar-refractivity contribution in [2.75, 3.05) is 5.32 Å². The zero-order chi connectivity index (χ0) is 13.5. The molecule has 4 rings (SSSR count). The van der Waals surface area contributed by atoms with Crippen LogP contribution in [0.4, 0.5) is 15.9 Å². The second-order valence-electron chi connectivity index (χ2n) is 4.37. The van der Waals surface area contributed by atoms with Gasteiger partial charge in [0.25, 0.3) is 0 Å². The summed E-state index contributed by atoms with van der Waals surface area (Å²) in [7, 11) is 0. The Balaban J connectivity index is 1.84. The number of anilines is 2. The van der Waals surface area contributed by atoms with Crippen LogP contribution in [0.25, 0.3) is 21.9 Å². The maximum Gasteiger partial charge on any atom is 0.160 e. The van der Waals surface area contributed by atoms with Crippen LogP contribution in [-0.4, -0.2) is 25.1 Å². The first-order valence-corrected chi connectivity index (χ1v) is 5.99. The fourth-order valence-electron chi connectivity index (χ4n) is 2.19. The summed E-state index contributed by atoms with van der Waals surface area (Å²) in [6.45, 7) is 0. The molecule has 0 aliphatic rings. The molecule has 7 heteroatoms. The molecule has 0 radical (unpaired) electrons. The number of rotatable bonds is 2. The van der Waals surface area contributed by atoms with Crippen molar-refractivity contribution in [2.45, 2.75) is 0 Å². The largest absolute Gasteiger partial charge is 0.359 e. The Morgan fingerprint density at radius 2 is 2.10 bits per heavy atom. The van der Waals surface area contributed by atoms with E-state index in [0.717, 1.165) is 22.0 Å². The van der Waals surface area contributed by atoms with Crippen LogP contribution in [-0.2, 0) is 0 Å². The number of aromatic amines is 2. The molecule has 1 aromatic carbocycles. The molecule has 0 aliphatic carbocycles. The molecule has 3 N–H and O–H groups in total. The van der Waals surface area contributed by atoms with Crippen LogP contribution in [0.3, 0.4) is 0 Å². The number of nitrogens with one attached hydrogen (secondary N) is 3. The number of fused-ring (bicyclic) bond motifs is 2. The molecule has 0 spiro atoms. The number of halogens is 1. The van der Waals surface area contributed by atoms with Gasteiger partial charge < -0.3 is 10.3 Å². The van der Waals surface area contributed by atoms with Crippen molar-refractivity contribution >= 4 is 33.4 Å². The highest BCUT2D eigenvalue weighted by molar-refractivity contribution is 5.97. The Hall–Kier alpha value is -2.96. The van der Waals surface area contributed by atoms with E-state index in [0.29, 0.717) is 11.5 Å². The molecule has 20 heavy (non-hydrogen) atoms. The lowest BCUT2D eigenvalue weighted by atomic mass is 10.2. The molecule has 0 saturated heterocycles. The van der Waals surface area contributed by atoms with E-state index in [1.807, 2.05) is 0 Å². The molecule has 0 amide bonds. The lowest BCUT2D eigenvalue weighted by Gasteiger charge is -2.04. The van der Waals surface area contributed by atoms with E-state index in [1.165, 1.54) is 18.5 Å². The average molecular weight is 268 g/mol. The Kier molecular flexibility index (Phi) is 2.19. The SMILES string of the molecule is Fc1ccc2[nH]cc(Nc3ncnc4[nH]ncc34)c2c1. The van der Waals surface area contributed by atoms with Crippen LogP contribution in [0.5, 0.6) is 0 Å². The monoisotopic (exact) mass is 268 g/mol. The van der Waals surface area contributed by atoms with Crippen molar-refractivity contribution < 1.29 is 4.39 Å². The van der Waals surface area contributed by atoms with Crippen molar-refractivity contribution in [3.8, 4) is 0 Å². The number of hydrogen-bond donors (Lipinski definition) is 3. The molecule has 3 heterocycles. The molecule has 4 aromatic rings. The van der Waals surface area contributed by atoms with Gasteiger partial charge in [0, 0.05) is 17.1 Å². The van der Waals surface area contributed by atoms with Gasteiger partial charge in [0.2, 0.25) is 0 Å². The molecule has 98 valence electrons. The second kappa shape index (κ2) is 4.02. The maximum absolute atomic E-state index is 13.4. The number of hydrogen-bond acceptors (Lipinski definition) is 4. The molecule has 0 unspecified atom stereocenters. The Labute approximate surface area is 112 Å². The third-order valence-corrected chi connectivity index (χ3v) is 3.14. The summed E-state index contributed by atoms with van der Waals surface area (Å²) >= 11 is 0. The summed E-state index contributed by atoms with van der Waals surface area (Å²) in [6.07, 6.45) is 4.86. The summed E-state index contributed by atoms with van der Waals surface area (Å²) in [4.78, 5) is 11.3. The van der Waals surface area contributed by atoms with Crippen LogP contribution in [0.15, 0.2) is 36.9 Å². The molecular weight excluding hydrogens is 259 g/mol. The minimum Gasteiger partial charge on any atom is -0.359 e. The van der Waals surface area contributed by atoms with Crippen LogP contribution >= 0.6 is 0 Å². The third-order valence-electron chi connectivity index (χ3n) is 3.14. The summed E-state index contributed by atoms with van der Waals surface area (Å²) in [5.74, 6) is 0.338. The van der Waals surface area contributed by atoms with Gasteiger partial charge in [-0.25, -0.2) is 14.4 Å². The highest BCUT2D eigenvalue weighted by Crippen LogP contribution is 2.28. The zero-order valence-electron chi connectivity index (χ0n) is 10.2. The van der Waals surface area contributed by atoms with Crippen molar-refractivity contribution in [1.82, 2.24) is 25.1 Å². The van der Waals surface area contributed by atoms with Crippen LogP contribution in [0.2, 0.25) is 0 Å². The first kappa shape index (κ1) is 10.9. The fraction of sp³-hybridized carbons (Fsp3) is 0. The molecular formula is C13H9FN6. The minimum absolute atomic E-state index is 0.281. The summed E-state index contributed by atoms with van der Waals surface area (Å²) in [5, 5.41) is 11.4. The summed E-state index contributed by atoms with van der Waals surface area (Å²) in [6, 6.07) is 4.59. The van der Waals surface area contributed by atoms with Crippen LogP contribution in [0.1, 0.15) is 0 Å². The number of nitrogens with zero attached hydrogens (tertiary/aromatic N) is 3. The van der Waals surface area contributed by atoms with Crippen molar-refractivity contribution in [1.29, 1.82) is 0 Å². The number of H-pyrrole nitrogens is 2. The molecule has 6 nitrogen and oxygen atoms in total. The number of benzene rings is 1. The molecule has 0 bridgehead atoms. The van der Waals surface area contributed by atoms with Gasteiger partial charge in [-0.2, -0.15) is 5.10 Å². The van der Waals surface area contributed by atoms with Gasteiger partial charge in [-0.3, -0.25) is 5.10 Å². The van der Waals surface area contributed by atoms with Gasteiger partial charge in [0.15, 0.2) is 5.65 Å². The summed E-state index contributed by atoms with van der Waals surface area (Å²) in [5.41, 5.74) is 2.25. The zero-order valence-corrected chi connectivity index (χ0v) is 10.2. The van der Waals surface area contributed by atoms with E-state index in [1.54, 1.807) is 18.5 Å². The van der Waals surface area contributed by atoms with Crippen LogP contribution < -0.4 is 5.32 Å². The predicted molar refractivity (Wildman–Crippen MR) is 73.2 cm³/mol. The van der Waals surface area contributed by atoms with Crippen LogP contribution in [0, 0.1) is 5.82 Å². The Bertz CT molecular complexity index is 909. The highest BCUT2D eigenvalue weighted by Gasteiger charge is 2.09. The van der Waals surface area contributed by atoms with E-state index in [2.05, 4.69) is 30.5 Å². The summed E-state index contributed by atoms with van der Waals surface area (Å²) < 4.78 is 13.4. The third kappa shape index (κ3) is 1.60. The van der Waals surface area contributed by atoms with Gasteiger partial charge in [-0.15, -0.1) is 0 Å². The van der Waals surface area contributed by atoms with E-state index in [9.17, 15) is 4.39 Å². The second-order valence-corrected chi connectivity index (χ2v) is 4.37. The first-order chi connectivity index (χ1) is 9.81. The van der Waals surface area contributed by atoms with Gasteiger partial charge >= 0.3 is 0 Å². The quantitative estimate of drug-likeness (QED) is 0.522. The average Bonchev–Trinajstić information content (AvgIpc) is 3.06. The van der Waals surface area contributed by atoms with E-state index < -0.39 is 0 Å². The van der Waals surface area contributed by atoms with Crippen molar-refractivity contribution in [3.63, 3.8) is 0 Å².